The lowest BCUT2D eigenvalue weighted by atomic mass is 9.79. The van der Waals surface area contributed by atoms with E-state index < -0.39 is 23.3 Å². The molecule has 0 atom stereocenters. The standard InChI is InChI=1S/C22H22F2.C16H12F2/c1-15-3-9-18(10-4-15)19-12-6-17(7-13-19)8-14-20-11-5-16(2)21(23)22(20)24;1-11-3-6-13(7-4-11)8-10-14-9-5-12(2)15(17)16(14)18/h5-7,11-13,15,18H,3-4,9-10H2,1-2H3;3-7,9H,1-2H3. The fourth-order valence-corrected chi connectivity index (χ4v) is 4.83. The molecule has 0 aromatic heterocycles. The van der Waals surface area contributed by atoms with Crippen LogP contribution < -0.4 is 0 Å². The van der Waals surface area contributed by atoms with E-state index in [9.17, 15) is 17.6 Å². The van der Waals surface area contributed by atoms with Crippen LogP contribution in [0, 0.1) is 73.6 Å². The minimum atomic E-state index is -0.880. The summed E-state index contributed by atoms with van der Waals surface area (Å²) in [6.07, 6.45) is 5.09. The molecule has 5 rings (SSSR count). The van der Waals surface area contributed by atoms with Crippen molar-refractivity contribution < 1.29 is 17.6 Å². The van der Waals surface area contributed by atoms with Crippen molar-refractivity contribution in [2.24, 2.45) is 5.92 Å². The van der Waals surface area contributed by atoms with Crippen molar-refractivity contribution in [2.45, 2.75) is 59.3 Å². The summed E-state index contributed by atoms with van der Waals surface area (Å²) in [5, 5.41) is 0. The van der Waals surface area contributed by atoms with Crippen molar-refractivity contribution in [1.82, 2.24) is 0 Å². The van der Waals surface area contributed by atoms with Crippen LogP contribution in [0.3, 0.4) is 0 Å². The van der Waals surface area contributed by atoms with E-state index in [1.54, 1.807) is 13.0 Å². The first kappa shape index (κ1) is 30.7. The molecule has 214 valence electrons. The molecule has 0 heterocycles. The molecule has 0 unspecified atom stereocenters. The largest absolute Gasteiger partial charge is 0.203 e. The lowest BCUT2D eigenvalue weighted by Gasteiger charge is -2.26. The first-order valence-corrected chi connectivity index (χ1v) is 14.2. The van der Waals surface area contributed by atoms with E-state index in [0.717, 1.165) is 22.6 Å². The Morgan fingerprint density at radius 3 is 1.38 bits per heavy atom. The molecule has 0 N–H and O–H groups in total. The molecule has 4 heteroatoms. The van der Waals surface area contributed by atoms with Gasteiger partial charge in [-0.2, -0.15) is 0 Å². The van der Waals surface area contributed by atoms with Crippen LogP contribution in [-0.4, -0.2) is 0 Å². The monoisotopic (exact) mass is 566 g/mol. The molecule has 4 aromatic rings. The van der Waals surface area contributed by atoms with E-state index in [2.05, 4.69) is 42.7 Å². The van der Waals surface area contributed by atoms with Gasteiger partial charge in [-0.25, -0.2) is 17.6 Å². The van der Waals surface area contributed by atoms with Crippen LogP contribution in [0.5, 0.6) is 0 Å². The van der Waals surface area contributed by atoms with Crippen LogP contribution in [0.4, 0.5) is 17.6 Å². The van der Waals surface area contributed by atoms with E-state index in [-0.39, 0.29) is 16.7 Å². The Bertz CT molecular complexity index is 1650. The third-order valence-corrected chi connectivity index (χ3v) is 7.68. The zero-order valence-corrected chi connectivity index (χ0v) is 24.4. The summed E-state index contributed by atoms with van der Waals surface area (Å²) in [5.41, 5.74) is 4.86. The molecule has 0 spiro atoms. The smallest absolute Gasteiger partial charge is 0.174 e. The molecule has 0 saturated heterocycles. The van der Waals surface area contributed by atoms with E-state index in [1.165, 1.54) is 56.4 Å². The minimum absolute atomic E-state index is 0.0821. The molecule has 1 aliphatic rings. The van der Waals surface area contributed by atoms with E-state index in [1.807, 2.05) is 43.3 Å². The highest BCUT2D eigenvalue weighted by Gasteiger charge is 2.19. The number of hydrogen-bond donors (Lipinski definition) is 0. The van der Waals surface area contributed by atoms with E-state index >= 15 is 0 Å². The second-order valence-electron chi connectivity index (χ2n) is 11.1. The Kier molecular flexibility index (Phi) is 10.3. The Labute approximate surface area is 246 Å². The van der Waals surface area contributed by atoms with Gasteiger partial charge in [-0.05, 0) is 98.5 Å². The van der Waals surface area contributed by atoms with Gasteiger partial charge >= 0.3 is 0 Å². The summed E-state index contributed by atoms with van der Waals surface area (Å²) in [4.78, 5) is 0. The van der Waals surface area contributed by atoms with Gasteiger partial charge in [0.1, 0.15) is 0 Å². The van der Waals surface area contributed by atoms with Gasteiger partial charge in [-0.1, -0.05) is 85.4 Å². The zero-order chi connectivity index (χ0) is 30.2. The summed E-state index contributed by atoms with van der Waals surface area (Å²) >= 11 is 0. The van der Waals surface area contributed by atoms with Crippen molar-refractivity contribution in [3.8, 4) is 23.7 Å². The predicted molar refractivity (Wildman–Crippen MR) is 162 cm³/mol. The molecule has 1 aliphatic carbocycles. The number of hydrogen-bond acceptors (Lipinski definition) is 0. The summed E-state index contributed by atoms with van der Waals surface area (Å²) in [7, 11) is 0. The average molecular weight is 567 g/mol. The normalized spacial score (nSPS) is 15.8. The lowest BCUT2D eigenvalue weighted by Crippen LogP contribution is -2.10. The first-order valence-electron chi connectivity index (χ1n) is 14.2. The van der Waals surface area contributed by atoms with Crippen molar-refractivity contribution in [1.29, 1.82) is 0 Å². The van der Waals surface area contributed by atoms with Crippen LogP contribution in [-0.2, 0) is 0 Å². The first-order chi connectivity index (χ1) is 20.1. The fourth-order valence-electron chi connectivity index (χ4n) is 4.83. The van der Waals surface area contributed by atoms with Crippen LogP contribution >= 0.6 is 0 Å². The average Bonchev–Trinajstić information content (AvgIpc) is 3.00. The van der Waals surface area contributed by atoms with Gasteiger partial charge in [-0.3, -0.25) is 0 Å². The van der Waals surface area contributed by atoms with Crippen molar-refractivity contribution in [3.05, 3.63) is 141 Å². The SMILES string of the molecule is Cc1ccc(C#Cc2ccc(C)c(F)c2F)cc1.Cc1ccc(C#Cc2ccc(C3CCC(C)CC3)cc2)c(F)c1F. The number of benzene rings is 4. The Hall–Kier alpha value is -4.28. The fraction of sp³-hybridized carbons (Fsp3) is 0.263. The molecule has 4 aromatic carbocycles. The lowest BCUT2D eigenvalue weighted by molar-refractivity contribution is 0.348. The van der Waals surface area contributed by atoms with Crippen LogP contribution in [0.25, 0.3) is 0 Å². The Morgan fingerprint density at radius 1 is 0.500 bits per heavy atom. The molecule has 1 saturated carbocycles. The van der Waals surface area contributed by atoms with Crippen LogP contribution in [0.1, 0.15) is 83.0 Å². The summed E-state index contributed by atoms with van der Waals surface area (Å²) < 4.78 is 54.3. The second-order valence-corrected chi connectivity index (χ2v) is 11.1. The molecule has 42 heavy (non-hydrogen) atoms. The van der Waals surface area contributed by atoms with Gasteiger partial charge in [0.15, 0.2) is 23.3 Å². The Morgan fingerprint density at radius 2 is 0.929 bits per heavy atom. The number of rotatable bonds is 1. The third kappa shape index (κ3) is 7.92. The van der Waals surface area contributed by atoms with Crippen LogP contribution in [0.15, 0.2) is 72.8 Å². The molecular formula is C38H34F4. The summed E-state index contributed by atoms with van der Waals surface area (Å²) in [6.45, 7) is 7.37. The molecular weight excluding hydrogens is 532 g/mol. The van der Waals surface area contributed by atoms with Gasteiger partial charge < -0.3 is 0 Å². The van der Waals surface area contributed by atoms with Crippen LogP contribution in [0.2, 0.25) is 0 Å². The zero-order valence-electron chi connectivity index (χ0n) is 24.4. The highest BCUT2D eigenvalue weighted by molar-refractivity contribution is 5.46. The predicted octanol–water partition coefficient (Wildman–Crippen LogP) is 9.95. The van der Waals surface area contributed by atoms with Gasteiger partial charge in [0.25, 0.3) is 0 Å². The maximum atomic E-state index is 13.8. The quantitative estimate of drug-likeness (QED) is 0.159. The minimum Gasteiger partial charge on any atom is -0.203 e. The number of aryl methyl sites for hydroxylation is 3. The molecule has 0 bridgehead atoms. The van der Waals surface area contributed by atoms with Gasteiger partial charge in [0.05, 0.1) is 11.1 Å². The topological polar surface area (TPSA) is 0 Å². The van der Waals surface area contributed by atoms with Gasteiger partial charge in [0.2, 0.25) is 0 Å². The van der Waals surface area contributed by atoms with Gasteiger partial charge in [0, 0.05) is 11.1 Å². The maximum Gasteiger partial charge on any atom is 0.174 e. The van der Waals surface area contributed by atoms with Gasteiger partial charge in [-0.15, -0.1) is 0 Å². The summed E-state index contributed by atoms with van der Waals surface area (Å²) in [6, 6.07) is 21.8. The molecule has 0 nitrogen and oxygen atoms in total. The highest BCUT2D eigenvalue weighted by Crippen LogP contribution is 2.35. The van der Waals surface area contributed by atoms with E-state index in [0.29, 0.717) is 11.5 Å². The number of halogens is 4. The summed E-state index contributed by atoms with van der Waals surface area (Å²) in [5.74, 6) is 9.24. The highest BCUT2D eigenvalue weighted by atomic mass is 19.2. The molecule has 1 fully saturated rings. The van der Waals surface area contributed by atoms with Crippen molar-refractivity contribution >= 4 is 0 Å². The molecule has 0 radical (unpaired) electrons. The van der Waals surface area contributed by atoms with Crippen molar-refractivity contribution in [2.75, 3.05) is 0 Å². The van der Waals surface area contributed by atoms with E-state index in [4.69, 9.17) is 0 Å². The molecule has 0 aliphatic heterocycles. The molecule has 0 amide bonds. The maximum absolute atomic E-state index is 13.8. The second kappa shape index (κ2) is 14.1. The third-order valence-electron chi connectivity index (χ3n) is 7.68. The van der Waals surface area contributed by atoms with Crippen molar-refractivity contribution in [3.63, 3.8) is 0 Å². The Balaban J connectivity index is 0.000000201.